The van der Waals surface area contributed by atoms with Gasteiger partial charge in [-0.3, -0.25) is 9.59 Å². The molecule has 29 heavy (non-hydrogen) atoms. The monoisotopic (exact) mass is 395 g/mol. The minimum Gasteiger partial charge on any atom is -0.495 e. The zero-order valence-electron chi connectivity index (χ0n) is 17.2. The zero-order chi connectivity index (χ0) is 20.6. The Morgan fingerprint density at radius 2 is 1.72 bits per heavy atom. The van der Waals surface area contributed by atoms with Crippen molar-refractivity contribution in [1.29, 1.82) is 0 Å². The molecule has 0 aromatic heterocycles. The summed E-state index contributed by atoms with van der Waals surface area (Å²) >= 11 is 0. The molecule has 1 heterocycles. The van der Waals surface area contributed by atoms with Gasteiger partial charge in [-0.2, -0.15) is 0 Å². The Hall–Kier alpha value is -3.02. The summed E-state index contributed by atoms with van der Waals surface area (Å²) in [6.45, 7) is 4.01. The third-order valence-electron chi connectivity index (χ3n) is 5.21. The summed E-state index contributed by atoms with van der Waals surface area (Å²) < 4.78 is 5.26. The number of nitrogens with zero attached hydrogens (tertiary/aromatic N) is 2. The molecule has 0 radical (unpaired) electrons. The van der Waals surface area contributed by atoms with Gasteiger partial charge in [0.05, 0.1) is 12.8 Å². The van der Waals surface area contributed by atoms with Gasteiger partial charge in [-0.15, -0.1) is 0 Å². The molecule has 154 valence electrons. The van der Waals surface area contributed by atoms with Gasteiger partial charge in [0.2, 0.25) is 11.8 Å². The smallest absolute Gasteiger partial charge is 0.226 e. The Labute approximate surface area is 172 Å². The number of para-hydroxylation sites is 2. The number of methoxy groups -OCH3 is 1. The van der Waals surface area contributed by atoms with E-state index in [0.29, 0.717) is 18.0 Å². The summed E-state index contributed by atoms with van der Waals surface area (Å²) in [6, 6.07) is 15.3. The van der Waals surface area contributed by atoms with Crippen molar-refractivity contribution in [3.8, 4) is 5.75 Å². The van der Waals surface area contributed by atoms with E-state index in [-0.39, 0.29) is 18.2 Å². The first-order chi connectivity index (χ1) is 14.1. The van der Waals surface area contributed by atoms with Crippen molar-refractivity contribution in [3.05, 3.63) is 48.5 Å². The highest BCUT2D eigenvalue weighted by molar-refractivity contribution is 5.95. The van der Waals surface area contributed by atoms with Gasteiger partial charge in [-0.1, -0.05) is 12.1 Å². The molecule has 1 aliphatic heterocycles. The van der Waals surface area contributed by atoms with E-state index in [1.54, 1.807) is 24.1 Å². The quantitative estimate of drug-likeness (QED) is 0.768. The van der Waals surface area contributed by atoms with E-state index < -0.39 is 0 Å². The Balaban J connectivity index is 1.61. The van der Waals surface area contributed by atoms with Gasteiger partial charge >= 0.3 is 0 Å². The number of rotatable bonds is 7. The summed E-state index contributed by atoms with van der Waals surface area (Å²) in [6.07, 6.45) is 3.94. The average molecular weight is 396 g/mol. The van der Waals surface area contributed by atoms with Crippen LogP contribution in [0, 0.1) is 0 Å². The number of piperidine rings is 1. The average Bonchev–Trinajstić information content (AvgIpc) is 2.75. The van der Waals surface area contributed by atoms with Crippen LogP contribution in [0.5, 0.6) is 5.75 Å². The fourth-order valence-corrected chi connectivity index (χ4v) is 3.64. The highest BCUT2D eigenvalue weighted by atomic mass is 16.5. The normalized spacial score (nSPS) is 13.7. The van der Waals surface area contributed by atoms with Crippen molar-refractivity contribution in [2.75, 3.05) is 41.9 Å². The van der Waals surface area contributed by atoms with Crippen molar-refractivity contribution in [1.82, 2.24) is 0 Å². The van der Waals surface area contributed by atoms with Crippen LogP contribution in [0.15, 0.2) is 48.5 Å². The van der Waals surface area contributed by atoms with Gasteiger partial charge in [0.15, 0.2) is 0 Å². The molecule has 1 saturated heterocycles. The topological polar surface area (TPSA) is 61.9 Å². The third-order valence-corrected chi connectivity index (χ3v) is 5.21. The van der Waals surface area contributed by atoms with E-state index in [4.69, 9.17) is 4.74 Å². The molecule has 6 nitrogen and oxygen atoms in total. The van der Waals surface area contributed by atoms with Crippen molar-refractivity contribution >= 4 is 28.9 Å². The zero-order valence-corrected chi connectivity index (χ0v) is 17.2. The van der Waals surface area contributed by atoms with Crippen LogP contribution in [0.1, 0.15) is 32.6 Å². The summed E-state index contributed by atoms with van der Waals surface area (Å²) in [5, 5.41) is 2.85. The maximum Gasteiger partial charge on any atom is 0.226 e. The number of nitrogens with one attached hydrogen (secondary N) is 1. The minimum atomic E-state index is -0.161. The van der Waals surface area contributed by atoms with Crippen LogP contribution in [-0.2, 0) is 9.59 Å². The van der Waals surface area contributed by atoms with Crippen LogP contribution in [0.4, 0.5) is 17.1 Å². The number of carbonyl (C=O) groups excluding carboxylic acids is 2. The Kier molecular flexibility index (Phi) is 7.11. The van der Waals surface area contributed by atoms with E-state index in [9.17, 15) is 9.59 Å². The van der Waals surface area contributed by atoms with Gasteiger partial charge in [-0.05, 0) is 55.7 Å². The van der Waals surface area contributed by atoms with Crippen LogP contribution in [0.2, 0.25) is 0 Å². The lowest BCUT2D eigenvalue weighted by Crippen LogP contribution is -2.32. The highest BCUT2D eigenvalue weighted by Gasteiger charge is 2.16. The molecule has 0 bridgehead atoms. The molecule has 0 spiro atoms. The number of ether oxygens (including phenoxy) is 1. The van der Waals surface area contributed by atoms with Crippen LogP contribution in [-0.4, -0.2) is 38.6 Å². The first-order valence-corrected chi connectivity index (χ1v) is 10.1. The van der Waals surface area contributed by atoms with Gasteiger partial charge in [0.25, 0.3) is 0 Å². The van der Waals surface area contributed by atoms with E-state index in [2.05, 4.69) is 22.3 Å². The standard InChI is InChI=1S/C23H29N3O3/c1-18(27)26(17-14-23(28)24-21-8-4-5-9-22(21)29-2)20-12-10-19(11-13-20)25-15-6-3-7-16-25/h4-5,8-13H,3,6-7,14-17H2,1-2H3,(H,24,28). The van der Waals surface area contributed by atoms with Gasteiger partial charge < -0.3 is 19.9 Å². The number of anilines is 3. The maximum absolute atomic E-state index is 12.4. The van der Waals surface area contributed by atoms with Gasteiger partial charge in [0.1, 0.15) is 5.75 Å². The second-order valence-electron chi connectivity index (χ2n) is 7.23. The lowest BCUT2D eigenvalue weighted by molar-refractivity contribution is -0.117. The number of carbonyl (C=O) groups is 2. The van der Waals surface area contributed by atoms with E-state index in [0.717, 1.165) is 18.8 Å². The second kappa shape index (κ2) is 9.96. The lowest BCUT2D eigenvalue weighted by atomic mass is 10.1. The largest absolute Gasteiger partial charge is 0.495 e. The molecule has 2 aromatic rings. The van der Waals surface area contributed by atoms with Crippen LogP contribution in [0.25, 0.3) is 0 Å². The summed E-state index contributed by atoms with van der Waals surface area (Å²) in [7, 11) is 1.57. The molecule has 1 fully saturated rings. The fraction of sp³-hybridized carbons (Fsp3) is 0.391. The number of benzene rings is 2. The molecule has 2 aromatic carbocycles. The SMILES string of the molecule is COc1ccccc1NC(=O)CCN(C(C)=O)c1ccc(N2CCCCC2)cc1. The summed E-state index contributed by atoms with van der Waals surface area (Å²) in [5.41, 5.74) is 2.62. The predicted molar refractivity (Wildman–Crippen MR) is 117 cm³/mol. The van der Waals surface area contributed by atoms with E-state index in [1.807, 2.05) is 24.3 Å². The minimum absolute atomic E-state index is 0.0826. The van der Waals surface area contributed by atoms with Gasteiger partial charge in [0, 0.05) is 44.4 Å². The summed E-state index contributed by atoms with van der Waals surface area (Å²) in [4.78, 5) is 28.6. The Morgan fingerprint density at radius 1 is 1.03 bits per heavy atom. The maximum atomic E-state index is 12.4. The van der Waals surface area contributed by atoms with E-state index in [1.165, 1.54) is 31.9 Å². The number of hydrogen-bond donors (Lipinski definition) is 1. The number of amides is 2. The molecule has 0 unspecified atom stereocenters. The van der Waals surface area contributed by atoms with Crippen LogP contribution in [0.3, 0.4) is 0 Å². The second-order valence-corrected chi connectivity index (χ2v) is 7.23. The molecule has 6 heteroatoms. The van der Waals surface area contributed by atoms with Crippen LogP contribution < -0.4 is 19.9 Å². The highest BCUT2D eigenvalue weighted by Crippen LogP contribution is 2.25. The van der Waals surface area contributed by atoms with Crippen molar-refractivity contribution in [2.24, 2.45) is 0 Å². The Morgan fingerprint density at radius 3 is 2.38 bits per heavy atom. The third kappa shape index (κ3) is 5.50. The van der Waals surface area contributed by atoms with Crippen molar-refractivity contribution < 1.29 is 14.3 Å². The lowest BCUT2D eigenvalue weighted by Gasteiger charge is -2.29. The fourth-order valence-electron chi connectivity index (χ4n) is 3.64. The Bertz CT molecular complexity index is 830. The molecule has 2 amide bonds. The molecule has 1 N–H and O–H groups in total. The van der Waals surface area contributed by atoms with E-state index >= 15 is 0 Å². The first kappa shape index (κ1) is 20.7. The van der Waals surface area contributed by atoms with Crippen molar-refractivity contribution in [2.45, 2.75) is 32.6 Å². The molecular weight excluding hydrogens is 366 g/mol. The van der Waals surface area contributed by atoms with Gasteiger partial charge in [-0.25, -0.2) is 0 Å². The molecule has 3 rings (SSSR count). The molecule has 0 saturated carbocycles. The predicted octanol–water partition coefficient (Wildman–Crippen LogP) is 4.07. The van der Waals surface area contributed by atoms with Crippen molar-refractivity contribution in [3.63, 3.8) is 0 Å². The molecule has 0 aliphatic carbocycles. The molecule has 0 atom stereocenters. The van der Waals surface area contributed by atoms with Crippen LogP contribution >= 0.6 is 0 Å². The molecule has 1 aliphatic rings. The molecular formula is C23H29N3O3. The first-order valence-electron chi connectivity index (χ1n) is 10.1. The number of hydrogen-bond acceptors (Lipinski definition) is 4. The summed E-state index contributed by atoms with van der Waals surface area (Å²) in [5.74, 6) is 0.365.